The summed E-state index contributed by atoms with van der Waals surface area (Å²) in [5.41, 5.74) is 0.763. The predicted molar refractivity (Wildman–Crippen MR) is 119 cm³/mol. The summed E-state index contributed by atoms with van der Waals surface area (Å²) in [5, 5.41) is 0.373. The van der Waals surface area contributed by atoms with Crippen molar-refractivity contribution in [3.63, 3.8) is 0 Å². The molecule has 0 radical (unpaired) electrons. The van der Waals surface area contributed by atoms with Crippen LogP contribution in [0.5, 0.6) is 17.2 Å². The molecule has 0 aliphatic carbocycles. The van der Waals surface area contributed by atoms with Crippen LogP contribution in [0, 0.1) is 0 Å². The van der Waals surface area contributed by atoms with Gasteiger partial charge in [-0.15, -0.1) is 0 Å². The first-order valence-electron chi connectivity index (χ1n) is 10.0. The van der Waals surface area contributed by atoms with Crippen molar-refractivity contribution in [1.29, 1.82) is 0 Å². The minimum atomic E-state index is -0.871. The molecule has 33 heavy (non-hydrogen) atoms. The molecule has 2 aromatic heterocycles. The third kappa shape index (κ3) is 3.08. The summed E-state index contributed by atoms with van der Waals surface area (Å²) in [4.78, 5) is 37.0. The molecule has 0 N–H and O–H groups in total. The number of hydrogen-bond donors (Lipinski definition) is 0. The number of ether oxygens (including phenoxy) is 3. The van der Waals surface area contributed by atoms with Crippen LogP contribution in [0.25, 0.3) is 11.0 Å². The van der Waals surface area contributed by atoms with Crippen molar-refractivity contribution >= 4 is 22.8 Å². The number of rotatable bonds is 5. The lowest BCUT2D eigenvalue weighted by Gasteiger charge is -2.24. The van der Waals surface area contributed by atoms with Crippen LogP contribution in [0.4, 0.5) is 5.95 Å². The number of fused-ring (bicyclic) bond motifs is 2. The van der Waals surface area contributed by atoms with Crippen molar-refractivity contribution in [2.75, 3.05) is 26.2 Å². The lowest BCUT2D eigenvalue weighted by molar-refractivity contribution is 0.0969. The van der Waals surface area contributed by atoms with E-state index in [4.69, 9.17) is 18.6 Å². The summed E-state index contributed by atoms with van der Waals surface area (Å²) < 4.78 is 22.3. The highest BCUT2D eigenvalue weighted by Crippen LogP contribution is 2.45. The van der Waals surface area contributed by atoms with Gasteiger partial charge in [-0.05, 0) is 35.9 Å². The Morgan fingerprint density at radius 3 is 2.21 bits per heavy atom. The maximum Gasteiger partial charge on any atom is 0.297 e. The number of aromatic nitrogens is 2. The molecule has 2 aromatic carbocycles. The van der Waals surface area contributed by atoms with Crippen LogP contribution < -0.4 is 24.5 Å². The second-order valence-electron chi connectivity index (χ2n) is 7.26. The van der Waals surface area contributed by atoms with Gasteiger partial charge in [0, 0.05) is 12.4 Å². The Morgan fingerprint density at radius 2 is 1.58 bits per heavy atom. The first-order valence-corrected chi connectivity index (χ1v) is 10.0. The average Bonchev–Trinajstić information content (AvgIpc) is 3.16. The first kappa shape index (κ1) is 20.5. The average molecular weight is 445 g/mol. The lowest BCUT2D eigenvalue weighted by Crippen LogP contribution is -2.31. The summed E-state index contributed by atoms with van der Waals surface area (Å²) in [5.74, 6) is 0.721. The molecular formula is C24H19N3O6. The van der Waals surface area contributed by atoms with E-state index in [2.05, 4.69) is 9.97 Å². The summed E-state index contributed by atoms with van der Waals surface area (Å²) in [7, 11) is 4.49. The van der Waals surface area contributed by atoms with Gasteiger partial charge in [0.05, 0.1) is 38.3 Å². The second-order valence-corrected chi connectivity index (χ2v) is 7.26. The van der Waals surface area contributed by atoms with E-state index >= 15 is 0 Å². The summed E-state index contributed by atoms with van der Waals surface area (Å²) in [6.07, 6.45) is 3.05. The van der Waals surface area contributed by atoms with E-state index < -0.39 is 11.9 Å². The minimum Gasteiger partial charge on any atom is -0.493 e. The number of amides is 1. The van der Waals surface area contributed by atoms with Crippen LogP contribution in [0.3, 0.4) is 0 Å². The van der Waals surface area contributed by atoms with Crippen LogP contribution in [0.2, 0.25) is 0 Å². The molecule has 3 heterocycles. The number of carbonyl (C=O) groups is 1. The van der Waals surface area contributed by atoms with Crippen molar-refractivity contribution in [1.82, 2.24) is 9.97 Å². The van der Waals surface area contributed by atoms with Gasteiger partial charge in [0.1, 0.15) is 5.58 Å². The van der Waals surface area contributed by atoms with E-state index in [0.717, 1.165) is 0 Å². The third-order valence-corrected chi connectivity index (χ3v) is 5.55. The topological polar surface area (TPSA) is 104 Å². The van der Waals surface area contributed by atoms with Gasteiger partial charge in [0.25, 0.3) is 5.91 Å². The number of benzene rings is 2. The van der Waals surface area contributed by atoms with Crippen LogP contribution in [0.15, 0.2) is 64.1 Å². The van der Waals surface area contributed by atoms with Crippen molar-refractivity contribution in [3.8, 4) is 17.2 Å². The molecule has 1 atom stereocenters. The molecule has 5 rings (SSSR count). The minimum absolute atomic E-state index is 0.0510. The molecule has 0 unspecified atom stereocenters. The number of carbonyl (C=O) groups excluding carboxylic acids is 1. The van der Waals surface area contributed by atoms with Crippen molar-refractivity contribution < 1.29 is 23.4 Å². The first-order chi connectivity index (χ1) is 16.1. The highest BCUT2D eigenvalue weighted by Gasteiger charge is 2.45. The highest BCUT2D eigenvalue weighted by molar-refractivity contribution is 6.09. The van der Waals surface area contributed by atoms with Gasteiger partial charge >= 0.3 is 0 Å². The van der Waals surface area contributed by atoms with Crippen LogP contribution in [-0.2, 0) is 0 Å². The molecule has 0 saturated heterocycles. The molecule has 4 aromatic rings. The van der Waals surface area contributed by atoms with Crippen molar-refractivity contribution in [2.24, 2.45) is 0 Å². The van der Waals surface area contributed by atoms with Crippen LogP contribution in [0.1, 0.15) is 27.7 Å². The smallest absolute Gasteiger partial charge is 0.297 e. The highest BCUT2D eigenvalue weighted by atomic mass is 16.5. The molecular weight excluding hydrogens is 426 g/mol. The van der Waals surface area contributed by atoms with Crippen LogP contribution in [-0.4, -0.2) is 37.2 Å². The van der Waals surface area contributed by atoms with E-state index in [-0.39, 0.29) is 22.7 Å². The number of nitrogens with zero attached hydrogens (tertiary/aromatic N) is 3. The largest absolute Gasteiger partial charge is 0.493 e. The zero-order chi connectivity index (χ0) is 23.1. The van der Waals surface area contributed by atoms with E-state index in [0.29, 0.717) is 33.8 Å². The Balaban J connectivity index is 1.84. The molecule has 0 bridgehead atoms. The zero-order valence-electron chi connectivity index (χ0n) is 18.1. The van der Waals surface area contributed by atoms with Crippen molar-refractivity contribution in [3.05, 3.63) is 82.0 Å². The molecule has 0 saturated carbocycles. The quantitative estimate of drug-likeness (QED) is 0.461. The maximum absolute atomic E-state index is 13.6. The number of anilines is 1. The molecule has 1 aliphatic heterocycles. The van der Waals surface area contributed by atoms with Gasteiger partial charge < -0.3 is 18.6 Å². The van der Waals surface area contributed by atoms with Crippen molar-refractivity contribution in [2.45, 2.75) is 6.04 Å². The van der Waals surface area contributed by atoms with Gasteiger partial charge in [0.15, 0.2) is 16.9 Å². The summed E-state index contributed by atoms with van der Waals surface area (Å²) in [6.45, 7) is 0. The Hall–Kier alpha value is -4.40. The van der Waals surface area contributed by atoms with Gasteiger partial charge in [-0.1, -0.05) is 12.1 Å². The fourth-order valence-corrected chi connectivity index (χ4v) is 4.12. The summed E-state index contributed by atoms with van der Waals surface area (Å²) in [6, 6.07) is 11.0. The molecule has 9 heteroatoms. The Kier molecular flexibility index (Phi) is 4.93. The SMILES string of the molecule is COc1cc([C@@H]2c3c(oc4ccccc4c3=O)C(=O)N2c2ncccn2)cc(OC)c1OC. The molecule has 1 amide bonds. The number of hydrogen-bond acceptors (Lipinski definition) is 8. The van der Waals surface area contributed by atoms with Gasteiger partial charge in [-0.2, -0.15) is 0 Å². The third-order valence-electron chi connectivity index (χ3n) is 5.55. The van der Waals surface area contributed by atoms with Gasteiger partial charge in [-0.25, -0.2) is 9.97 Å². The normalized spacial score (nSPS) is 14.9. The number of methoxy groups -OCH3 is 3. The molecule has 0 fully saturated rings. The maximum atomic E-state index is 13.6. The molecule has 1 aliphatic rings. The Labute approximate surface area is 188 Å². The van der Waals surface area contributed by atoms with E-state index in [1.165, 1.54) is 38.6 Å². The molecule has 166 valence electrons. The monoisotopic (exact) mass is 445 g/mol. The molecule has 9 nitrogen and oxygen atoms in total. The predicted octanol–water partition coefficient (Wildman–Crippen LogP) is 3.36. The fraction of sp³-hybridized carbons (Fsp3) is 0.167. The second kappa shape index (κ2) is 7.94. The molecule has 0 spiro atoms. The van der Waals surface area contributed by atoms with E-state index in [1.807, 2.05) is 0 Å². The number of para-hydroxylation sites is 1. The van der Waals surface area contributed by atoms with Gasteiger partial charge in [0.2, 0.25) is 17.5 Å². The standard InChI is InChI=1S/C24H19N3O6/c1-30-16-11-13(12-17(31-2)21(16)32-3)19-18-20(28)14-7-4-5-8-15(14)33-22(18)23(29)27(19)24-25-9-6-10-26-24/h4-12,19H,1-3H3/t19-/m1/s1. The van der Waals surface area contributed by atoms with E-state index in [9.17, 15) is 9.59 Å². The van der Waals surface area contributed by atoms with Gasteiger partial charge in [-0.3, -0.25) is 14.5 Å². The summed E-state index contributed by atoms with van der Waals surface area (Å²) >= 11 is 0. The van der Waals surface area contributed by atoms with Crippen LogP contribution >= 0.6 is 0 Å². The lowest BCUT2D eigenvalue weighted by atomic mass is 9.97. The zero-order valence-corrected chi connectivity index (χ0v) is 18.1. The Morgan fingerprint density at radius 1 is 0.909 bits per heavy atom. The van der Waals surface area contributed by atoms with E-state index in [1.54, 1.807) is 42.5 Å². The Bertz CT molecular complexity index is 1410. The fourth-order valence-electron chi connectivity index (χ4n) is 4.12.